The van der Waals surface area contributed by atoms with Gasteiger partial charge in [-0.25, -0.2) is 4.98 Å². The molecule has 0 saturated carbocycles. The Hall–Kier alpha value is -4.31. The van der Waals surface area contributed by atoms with E-state index in [-0.39, 0.29) is 12.3 Å². The Labute approximate surface area is 214 Å². The van der Waals surface area contributed by atoms with Gasteiger partial charge in [0.15, 0.2) is 5.13 Å². The summed E-state index contributed by atoms with van der Waals surface area (Å²) in [6.07, 6.45) is -4.79. The van der Waals surface area contributed by atoms with Crippen LogP contribution >= 0.6 is 11.3 Å². The lowest BCUT2D eigenvalue weighted by Gasteiger charge is -2.13. The zero-order valence-corrected chi connectivity index (χ0v) is 20.4. The quantitative estimate of drug-likeness (QED) is 0.245. The van der Waals surface area contributed by atoms with Crippen LogP contribution in [0, 0.1) is 6.92 Å². The first-order valence-electron chi connectivity index (χ1n) is 11.2. The Kier molecular flexibility index (Phi) is 6.34. The van der Waals surface area contributed by atoms with Crippen LogP contribution in [0.3, 0.4) is 0 Å². The SMILES string of the molecule is Cc1c(C(N)=O)cc(-c2csc(Nc3cccc4ccccc34)n2)n1Cc1cccc(OC(F)(F)F)c1. The molecular weight excluding hydrogens is 501 g/mol. The molecule has 0 radical (unpaired) electrons. The van der Waals surface area contributed by atoms with E-state index in [2.05, 4.69) is 10.1 Å². The maximum atomic E-state index is 12.7. The van der Waals surface area contributed by atoms with E-state index in [1.165, 1.54) is 29.5 Å². The summed E-state index contributed by atoms with van der Waals surface area (Å²) in [5.74, 6) is -0.919. The number of hydrogen-bond acceptors (Lipinski definition) is 5. The van der Waals surface area contributed by atoms with Crippen LogP contribution in [0.25, 0.3) is 22.2 Å². The Bertz CT molecular complexity index is 1600. The minimum Gasteiger partial charge on any atom is -0.406 e. The highest BCUT2D eigenvalue weighted by molar-refractivity contribution is 7.14. The molecule has 0 unspecified atom stereocenters. The first-order chi connectivity index (χ1) is 17.7. The van der Waals surface area contributed by atoms with E-state index in [9.17, 15) is 18.0 Å². The van der Waals surface area contributed by atoms with E-state index in [1.807, 2.05) is 52.4 Å². The molecular formula is C27H21F3N4O2S. The van der Waals surface area contributed by atoms with Gasteiger partial charge in [-0.15, -0.1) is 24.5 Å². The molecule has 0 bridgehead atoms. The number of carbonyl (C=O) groups excluding carboxylic acids is 1. The van der Waals surface area contributed by atoms with Gasteiger partial charge in [-0.1, -0.05) is 48.5 Å². The molecule has 0 aliphatic carbocycles. The molecule has 10 heteroatoms. The lowest BCUT2D eigenvalue weighted by molar-refractivity contribution is -0.274. The molecule has 0 atom stereocenters. The van der Waals surface area contributed by atoms with Gasteiger partial charge in [0.1, 0.15) is 5.75 Å². The van der Waals surface area contributed by atoms with Gasteiger partial charge in [0, 0.05) is 28.7 Å². The topological polar surface area (TPSA) is 82.2 Å². The lowest BCUT2D eigenvalue weighted by atomic mass is 10.1. The Balaban J connectivity index is 1.48. The van der Waals surface area contributed by atoms with Crippen molar-refractivity contribution < 1.29 is 22.7 Å². The van der Waals surface area contributed by atoms with E-state index in [1.54, 1.807) is 19.1 Å². The molecule has 0 spiro atoms. The van der Waals surface area contributed by atoms with Crippen LogP contribution in [0.2, 0.25) is 0 Å². The standard InChI is InChI=1S/C27H21F3N4O2S/c1-16-21(25(31)35)13-24(34(16)14-17-6-4-9-19(12-17)36-27(28,29)30)23-15-37-26(33-23)32-22-11-5-8-18-7-2-3-10-20(18)22/h2-13,15H,14H2,1H3,(H2,31,35)(H,32,33). The monoisotopic (exact) mass is 522 g/mol. The van der Waals surface area contributed by atoms with Crippen molar-refractivity contribution in [3.05, 3.63) is 95.0 Å². The Morgan fingerprint density at radius 1 is 1.08 bits per heavy atom. The summed E-state index contributed by atoms with van der Waals surface area (Å²) < 4.78 is 43.9. The number of rotatable bonds is 7. The molecule has 3 N–H and O–H groups in total. The lowest BCUT2D eigenvalue weighted by Crippen LogP contribution is -2.17. The number of aromatic nitrogens is 2. The molecule has 0 aliphatic heterocycles. The molecule has 188 valence electrons. The van der Waals surface area contributed by atoms with Crippen molar-refractivity contribution in [3.63, 3.8) is 0 Å². The predicted octanol–water partition coefficient (Wildman–Crippen LogP) is 6.86. The highest BCUT2D eigenvalue weighted by atomic mass is 32.1. The second-order valence-corrected chi connectivity index (χ2v) is 9.22. The highest BCUT2D eigenvalue weighted by Crippen LogP contribution is 2.33. The summed E-state index contributed by atoms with van der Waals surface area (Å²) in [6.45, 7) is 1.93. The Morgan fingerprint density at radius 3 is 2.62 bits per heavy atom. The number of nitrogens with two attached hydrogens (primary N) is 1. The zero-order chi connectivity index (χ0) is 26.2. The zero-order valence-electron chi connectivity index (χ0n) is 19.5. The first kappa shape index (κ1) is 24.4. The van der Waals surface area contributed by atoms with Crippen LogP contribution in [0.1, 0.15) is 21.6 Å². The molecule has 6 nitrogen and oxygen atoms in total. The van der Waals surface area contributed by atoms with E-state index in [0.29, 0.717) is 33.3 Å². The number of hydrogen-bond donors (Lipinski definition) is 2. The summed E-state index contributed by atoms with van der Waals surface area (Å²) in [5.41, 5.74) is 9.18. The predicted molar refractivity (Wildman–Crippen MR) is 138 cm³/mol. The third-order valence-corrected chi connectivity index (χ3v) is 6.66. The first-order valence-corrected chi connectivity index (χ1v) is 12.1. The molecule has 5 aromatic rings. The van der Waals surface area contributed by atoms with Crippen molar-refractivity contribution in [3.8, 4) is 17.1 Å². The molecule has 0 fully saturated rings. The molecule has 5 rings (SSSR count). The molecule has 3 aromatic carbocycles. The number of alkyl halides is 3. The number of primary amides is 1. The minimum absolute atomic E-state index is 0.188. The van der Waals surface area contributed by atoms with Crippen LogP contribution in [-0.4, -0.2) is 21.8 Å². The van der Waals surface area contributed by atoms with E-state index >= 15 is 0 Å². The summed E-state index contributed by atoms with van der Waals surface area (Å²) in [6, 6.07) is 21.3. The molecule has 1 amide bonds. The van der Waals surface area contributed by atoms with Crippen LogP contribution in [-0.2, 0) is 6.54 Å². The number of halogens is 3. The number of nitrogens with zero attached hydrogens (tertiary/aromatic N) is 2. The van der Waals surface area contributed by atoms with Crippen LogP contribution in [0.4, 0.5) is 24.0 Å². The third kappa shape index (κ3) is 5.29. The summed E-state index contributed by atoms with van der Waals surface area (Å²) in [4.78, 5) is 16.8. The molecule has 2 aromatic heterocycles. The maximum absolute atomic E-state index is 12.7. The number of anilines is 2. The fourth-order valence-electron chi connectivity index (χ4n) is 4.23. The van der Waals surface area contributed by atoms with Gasteiger partial charge < -0.3 is 20.4 Å². The smallest absolute Gasteiger partial charge is 0.406 e. The van der Waals surface area contributed by atoms with Gasteiger partial charge in [0.25, 0.3) is 5.91 Å². The van der Waals surface area contributed by atoms with Crippen molar-refractivity contribution in [2.24, 2.45) is 5.73 Å². The average molecular weight is 523 g/mol. The number of amides is 1. The second kappa shape index (κ2) is 9.62. The van der Waals surface area contributed by atoms with E-state index in [4.69, 9.17) is 10.7 Å². The number of thiazole rings is 1. The van der Waals surface area contributed by atoms with Crippen LogP contribution in [0.15, 0.2) is 78.2 Å². The fourth-order valence-corrected chi connectivity index (χ4v) is 4.95. The van der Waals surface area contributed by atoms with Crippen molar-refractivity contribution >= 4 is 38.8 Å². The summed E-state index contributed by atoms with van der Waals surface area (Å²) in [7, 11) is 0. The number of ether oxygens (including phenoxy) is 1. The molecule has 0 saturated heterocycles. The average Bonchev–Trinajstić information content (AvgIpc) is 3.43. The summed E-state index contributed by atoms with van der Waals surface area (Å²) >= 11 is 1.40. The molecule has 2 heterocycles. The van der Waals surface area contributed by atoms with Gasteiger partial charge in [-0.05, 0) is 42.1 Å². The largest absolute Gasteiger partial charge is 0.573 e. The number of benzene rings is 3. The van der Waals surface area contributed by atoms with E-state index < -0.39 is 12.3 Å². The van der Waals surface area contributed by atoms with Crippen LogP contribution in [0.5, 0.6) is 5.75 Å². The molecule has 0 aliphatic rings. The maximum Gasteiger partial charge on any atom is 0.573 e. The van der Waals surface area contributed by atoms with Gasteiger partial charge in [-0.3, -0.25) is 4.79 Å². The highest BCUT2D eigenvalue weighted by Gasteiger charge is 2.31. The van der Waals surface area contributed by atoms with Gasteiger partial charge >= 0.3 is 6.36 Å². The van der Waals surface area contributed by atoms with Gasteiger partial charge in [-0.2, -0.15) is 0 Å². The normalized spacial score (nSPS) is 11.6. The number of carbonyl (C=O) groups is 1. The van der Waals surface area contributed by atoms with Crippen molar-refractivity contribution in [2.45, 2.75) is 19.8 Å². The van der Waals surface area contributed by atoms with Crippen LogP contribution < -0.4 is 15.8 Å². The fraction of sp³-hybridized carbons (Fsp3) is 0.111. The summed E-state index contributed by atoms with van der Waals surface area (Å²) in [5, 5.41) is 8.02. The van der Waals surface area contributed by atoms with E-state index in [0.717, 1.165) is 16.5 Å². The van der Waals surface area contributed by atoms with Gasteiger partial charge in [0.2, 0.25) is 0 Å². The third-order valence-electron chi connectivity index (χ3n) is 5.90. The van der Waals surface area contributed by atoms with Gasteiger partial charge in [0.05, 0.1) is 17.0 Å². The van der Waals surface area contributed by atoms with Crippen molar-refractivity contribution in [1.29, 1.82) is 0 Å². The van der Waals surface area contributed by atoms with Crippen molar-refractivity contribution in [1.82, 2.24) is 9.55 Å². The Morgan fingerprint density at radius 2 is 1.84 bits per heavy atom. The number of nitrogens with one attached hydrogen (secondary N) is 1. The van der Waals surface area contributed by atoms with Crippen molar-refractivity contribution in [2.75, 3.05) is 5.32 Å². The second-order valence-electron chi connectivity index (χ2n) is 8.36. The molecule has 37 heavy (non-hydrogen) atoms. The minimum atomic E-state index is -4.79. The number of fused-ring (bicyclic) bond motifs is 1.